The third-order valence-electron chi connectivity index (χ3n) is 3.38. The molecule has 2 rings (SSSR count). The summed E-state index contributed by atoms with van der Waals surface area (Å²) < 4.78 is 9.85. The normalized spacial score (nSPS) is 20.1. The van der Waals surface area contributed by atoms with Crippen LogP contribution in [0.2, 0.25) is 0 Å². The molecule has 1 aromatic carbocycles. The molecular formula is C14H19ClN2O5. The number of benzene rings is 1. The molecule has 1 saturated heterocycles. The molecule has 0 radical (unpaired) electrons. The monoisotopic (exact) mass is 330 g/mol. The second-order valence-electron chi connectivity index (χ2n) is 4.77. The molecule has 22 heavy (non-hydrogen) atoms. The van der Waals surface area contributed by atoms with Gasteiger partial charge in [-0.25, -0.2) is 4.79 Å². The van der Waals surface area contributed by atoms with Gasteiger partial charge in [0.05, 0.1) is 24.8 Å². The molecule has 1 aromatic rings. The number of amides is 1. The van der Waals surface area contributed by atoms with Crippen LogP contribution in [0.1, 0.15) is 20.7 Å². The lowest BCUT2D eigenvalue weighted by molar-refractivity contribution is 0.0600. The van der Waals surface area contributed by atoms with E-state index < -0.39 is 5.97 Å². The van der Waals surface area contributed by atoms with Crippen LogP contribution in [0.5, 0.6) is 5.75 Å². The topological polar surface area (TPSA) is 96.9 Å². The largest absolute Gasteiger partial charge is 0.508 e. The van der Waals surface area contributed by atoms with Crippen LogP contribution in [0.4, 0.5) is 0 Å². The Kier molecular flexibility index (Phi) is 6.61. The quantitative estimate of drug-likeness (QED) is 0.688. The molecule has 1 fully saturated rings. The van der Waals surface area contributed by atoms with Crippen molar-refractivity contribution < 1.29 is 24.2 Å². The van der Waals surface area contributed by atoms with Crippen LogP contribution in [0.3, 0.4) is 0 Å². The lowest BCUT2D eigenvalue weighted by Crippen LogP contribution is -2.43. The molecule has 3 N–H and O–H groups in total. The molecule has 0 saturated carbocycles. The summed E-state index contributed by atoms with van der Waals surface area (Å²) in [7, 11) is 2.82. The summed E-state index contributed by atoms with van der Waals surface area (Å²) in [4.78, 5) is 23.7. The fourth-order valence-corrected chi connectivity index (χ4v) is 2.28. The van der Waals surface area contributed by atoms with E-state index in [-0.39, 0.29) is 47.3 Å². The lowest BCUT2D eigenvalue weighted by Gasteiger charge is -2.18. The molecule has 0 aliphatic carbocycles. The highest BCUT2D eigenvalue weighted by molar-refractivity contribution is 5.98. The summed E-state index contributed by atoms with van der Waals surface area (Å²) in [5, 5.41) is 15.6. The SMILES string of the molecule is COC(=O)c1cc(O)cc(C(=O)N[C@H]2CNC[C@@H]2OC)c1.Cl. The van der Waals surface area contributed by atoms with Gasteiger partial charge in [-0.15, -0.1) is 12.4 Å². The van der Waals surface area contributed by atoms with Gasteiger partial charge in [0, 0.05) is 25.8 Å². The molecule has 0 spiro atoms. The Morgan fingerprint density at radius 3 is 2.55 bits per heavy atom. The number of esters is 1. The predicted octanol–water partition coefficient (Wildman–Crippen LogP) is 0.317. The van der Waals surface area contributed by atoms with Crippen LogP contribution in [-0.2, 0) is 9.47 Å². The van der Waals surface area contributed by atoms with Crippen molar-refractivity contribution in [2.75, 3.05) is 27.3 Å². The van der Waals surface area contributed by atoms with Crippen molar-refractivity contribution >= 4 is 24.3 Å². The summed E-state index contributed by atoms with van der Waals surface area (Å²) in [5.74, 6) is -1.17. The van der Waals surface area contributed by atoms with Crippen LogP contribution in [0.15, 0.2) is 18.2 Å². The summed E-state index contributed by atoms with van der Waals surface area (Å²) in [5.41, 5.74) is 0.313. The van der Waals surface area contributed by atoms with Gasteiger partial charge in [-0.2, -0.15) is 0 Å². The standard InChI is InChI=1S/C14H18N2O5.ClH/c1-20-12-7-15-6-11(12)16-13(18)8-3-9(14(19)21-2)5-10(17)4-8;/h3-5,11-12,15,17H,6-7H2,1-2H3,(H,16,18);1H/t11-,12-;/m0./s1. The Morgan fingerprint density at radius 1 is 1.23 bits per heavy atom. The van der Waals surface area contributed by atoms with Crippen LogP contribution in [0, 0.1) is 0 Å². The molecule has 8 heteroatoms. The van der Waals surface area contributed by atoms with Crippen LogP contribution in [0.25, 0.3) is 0 Å². The maximum atomic E-state index is 12.2. The lowest BCUT2D eigenvalue weighted by atomic mass is 10.1. The minimum absolute atomic E-state index is 0. The van der Waals surface area contributed by atoms with Gasteiger partial charge >= 0.3 is 5.97 Å². The van der Waals surface area contributed by atoms with Crippen LogP contribution in [-0.4, -0.2) is 56.4 Å². The Balaban J connectivity index is 0.00000242. The van der Waals surface area contributed by atoms with E-state index in [0.29, 0.717) is 13.1 Å². The second kappa shape index (κ2) is 7.98. The number of aromatic hydroxyl groups is 1. The maximum absolute atomic E-state index is 12.2. The number of carbonyl (C=O) groups is 2. The maximum Gasteiger partial charge on any atom is 0.338 e. The number of methoxy groups -OCH3 is 2. The highest BCUT2D eigenvalue weighted by Crippen LogP contribution is 2.17. The van der Waals surface area contributed by atoms with E-state index in [0.717, 1.165) is 0 Å². The van der Waals surface area contributed by atoms with Gasteiger partial charge in [0.1, 0.15) is 5.75 Å². The third-order valence-corrected chi connectivity index (χ3v) is 3.38. The Labute approximate surface area is 134 Å². The molecular weight excluding hydrogens is 312 g/mol. The fourth-order valence-electron chi connectivity index (χ4n) is 2.28. The Bertz CT molecular complexity index is 552. The molecule has 0 unspecified atom stereocenters. The number of phenolic OH excluding ortho intramolecular Hbond substituents is 1. The molecule has 122 valence electrons. The predicted molar refractivity (Wildman–Crippen MR) is 81.6 cm³/mol. The number of carbonyl (C=O) groups excluding carboxylic acids is 2. The Morgan fingerprint density at radius 2 is 1.91 bits per heavy atom. The zero-order chi connectivity index (χ0) is 15.4. The van der Waals surface area contributed by atoms with Gasteiger partial charge in [0.2, 0.25) is 0 Å². The molecule has 1 aliphatic heterocycles. The van der Waals surface area contributed by atoms with Crippen molar-refractivity contribution in [3.05, 3.63) is 29.3 Å². The van der Waals surface area contributed by atoms with E-state index in [1.807, 2.05) is 0 Å². The van der Waals surface area contributed by atoms with E-state index in [4.69, 9.17) is 4.74 Å². The minimum atomic E-state index is -0.614. The highest BCUT2D eigenvalue weighted by Gasteiger charge is 2.28. The first-order chi connectivity index (χ1) is 10.0. The number of nitrogens with one attached hydrogen (secondary N) is 2. The average molecular weight is 331 g/mol. The zero-order valence-electron chi connectivity index (χ0n) is 12.3. The molecule has 0 aromatic heterocycles. The molecule has 1 heterocycles. The fraction of sp³-hybridized carbons (Fsp3) is 0.429. The first-order valence-corrected chi connectivity index (χ1v) is 6.52. The number of hydrogen-bond donors (Lipinski definition) is 3. The van der Waals surface area contributed by atoms with E-state index in [2.05, 4.69) is 15.4 Å². The molecule has 2 atom stereocenters. The molecule has 1 aliphatic rings. The average Bonchev–Trinajstić information content (AvgIpc) is 2.92. The molecule has 7 nitrogen and oxygen atoms in total. The summed E-state index contributed by atoms with van der Waals surface area (Å²) in [6, 6.07) is 3.76. The third kappa shape index (κ3) is 4.09. The van der Waals surface area contributed by atoms with E-state index in [9.17, 15) is 14.7 Å². The van der Waals surface area contributed by atoms with Gasteiger partial charge in [-0.3, -0.25) is 4.79 Å². The van der Waals surface area contributed by atoms with Crippen molar-refractivity contribution in [2.24, 2.45) is 0 Å². The van der Waals surface area contributed by atoms with Crippen molar-refractivity contribution in [3.63, 3.8) is 0 Å². The number of rotatable bonds is 4. The summed E-state index contributed by atoms with van der Waals surface area (Å²) >= 11 is 0. The molecule has 0 bridgehead atoms. The van der Waals surface area contributed by atoms with Gasteiger partial charge in [0.25, 0.3) is 5.91 Å². The van der Waals surface area contributed by atoms with Crippen LogP contribution < -0.4 is 10.6 Å². The highest BCUT2D eigenvalue weighted by atomic mass is 35.5. The number of halogens is 1. The van der Waals surface area contributed by atoms with Crippen molar-refractivity contribution in [3.8, 4) is 5.75 Å². The Hall–Kier alpha value is -1.83. The number of phenols is 1. The van der Waals surface area contributed by atoms with Crippen molar-refractivity contribution in [1.82, 2.24) is 10.6 Å². The minimum Gasteiger partial charge on any atom is -0.508 e. The van der Waals surface area contributed by atoms with Crippen molar-refractivity contribution in [1.29, 1.82) is 0 Å². The number of ether oxygens (including phenoxy) is 2. The first-order valence-electron chi connectivity index (χ1n) is 6.52. The van der Waals surface area contributed by atoms with Gasteiger partial charge in [-0.1, -0.05) is 0 Å². The smallest absolute Gasteiger partial charge is 0.338 e. The van der Waals surface area contributed by atoms with Crippen LogP contribution >= 0.6 is 12.4 Å². The van der Waals surface area contributed by atoms with Crippen molar-refractivity contribution in [2.45, 2.75) is 12.1 Å². The van der Waals surface area contributed by atoms with Gasteiger partial charge in [-0.05, 0) is 18.2 Å². The van der Waals surface area contributed by atoms with E-state index in [1.54, 1.807) is 7.11 Å². The van der Waals surface area contributed by atoms with Gasteiger partial charge in [0.15, 0.2) is 0 Å². The summed E-state index contributed by atoms with van der Waals surface area (Å²) in [6.45, 7) is 1.27. The van der Waals surface area contributed by atoms with E-state index >= 15 is 0 Å². The second-order valence-corrected chi connectivity index (χ2v) is 4.77. The summed E-state index contributed by atoms with van der Waals surface area (Å²) in [6.07, 6.45) is -0.105. The van der Waals surface area contributed by atoms with Gasteiger partial charge < -0.3 is 25.2 Å². The number of hydrogen-bond acceptors (Lipinski definition) is 6. The van der Waals surface area contributed by atoms with E-state index in [1.165, 1.54) is 25.3 Å². The molecule has 1 amide bonds. The first kappa shape index (κ1) is 18.2. The zero-order valence-corrected chi connectivity index (χ0v) is 13.1.